The second-order valence-electron chi connectivity index (χ2n) is 26.1. The molecule has 0 saturated carbocycles. The summed E-state index contributed by atoms with van der Waals surface area (Å²) in [5, 5.41) is 20.6. The number of carbonyl (C=O) groups is 3. The number of phosphoric acid groups is 2. The van der Waals surface area contributed by atoms with Gasteiger partial charge in [-0.3, -0.25) is 32.5 Å². The van der Waals surface area contributed by atoms with E-state index < -0.39 is 91.5 Å². The van der Waals surface area contributed by atoms with Crippen molar-refractivity contribution in [1.82, 2.24) is 0 Å². The smallest absolute Gasteiger partial charge is 0.463 e. The molecule has 0 bridgehead atoms. The van der Waals surface area contributed by atoms with Crippen molar-refractivity contribution in [2.75, 3.05) is 39.6 Å². The van der Waals surface area contributed by atoms with Crippen LogP contribution < -0.4 is 0 Å². The summed E-state index contributed by atoms with van der Waals surface area (Å²) in [6, 6.07) is 0. The van der Waals surface area contributed by atoms with Crippen LogP contribution in [0.3, 0.4) is 0 Å². The van der Waals surface area contributed by atoms with Crippen molar-refractivity contribution in [3.63, 3.8) is 0 Å². The van der Waals surface area contributed by atoms with E-state index >= 15 is 0 Å². The van der Waals surface area contributed by atoms with Crippen LogP contribution in [-0.2, 0) is 55.8 Å². The van der Waals surface area contributed by atoms with Crippen molar-refractivity contribution < 1.29 is 75.8 Å². The van der Waals surface area contributed by atoms with Gasteiger partial charge in [-0.05, 0) is 96.3 Å². The van der Waals surface area contributed by atoms with Crippen molar-refractivity contribution in [3.8, 4) is 0 Å². The molecule has 97 heavy (non-hydrogen) atoms. The third-order valence-electron chi connectivity index (χ3n) is 16.6. The summed E-state index contributed by atoms with van der Waals surface area (Å²) in [6.45, 7) is 2.55. The van der Waals surface area contributed by atoms with Crippen LogP contribution in [-0.4, -0.2) is 95.9 Å². The summed E-state index contributed by atoms with van der Waals surface area (Å²) < 4.78 is 61.0. The minimum absolute atomic E-state index is 0.106. The number of aliphatic hydroxyl groups excluding tert-OH is 2. The number of hydrogen-bond donors (Lipinski definition) is 4. The topological polar surface area (TPSA) is 231 Å². The van der Waals surface area contributed by atoms with E-state index in [1.54, 1.807) is 0 Å². The Labute approximate surface area is 591 Å². The van der Waals surface area contributed by atoms with Gasteiger partial charge in [0.1, 0.15) is 25.4 Å². The molecule has 0 amide bonds. The predicted octanol–water partition coefficient (Wildman–Crippen LogP) is 22.4. The number of ether oxygens (including phenoxy) is 3. The lowest BCUT2D eigenvalue weighted by Crippen LogP contribution is -2.30. The lowest BCUT2D eigenvalue weighted by molar-refractivity contribution is -0.161. The molecule has 0 aromatic carbocycles. The van der Waals surface area contributed by atoms with Crippen LogP contribution in [0, 0.1) is 0 Å². The van der Waals surface area contributed by atoms with Crippen LogP contribution in [0.5, 0.6) is 0 Å². The summed E-state index contributed by atoms with van der Waals surface area (Å²) in [4.78, 5) is 58.4. The van der Waals surface area contributed by atoms with E-state index in [4.69, 9.17) is 32.3 Å². The Balaban J connectivity index is 4.32. The van der Waals surface area contributed by atoms with Gasteiger partial charge in [-0.2, -0.15) is 0 Å². The van der Waals surface area contributed by atoms with E-state index in [0.717, 1.165) is 128 Å². The van der Waals surface area contributed by atoms with Gasteiger partial charge in [-0.25, -0.2) is 9.13 Å². The average molecular weight is 1410 g/mol. The van der Waals surface area contributed by atoms with Gasteiger partial charge < -0.3 is 34.2 Å². The lowest BCUT2D eigenvalue weighted by Gasteiger charge is -2.21. The quantitative estimate of drug-likeness (QED) is 0.0146. The first-order chi connectivity index (χ1) is 47.2. The molecule has 0 spiro atoms. The highest BCUT2D eigenvalue weighted by atomic mass is 31.2. The molecule has 5 atom stereocenters. The van der Waals surface area contributed by atoms with Gasteiger partial charge in [0.15, 0.2) is 6.10 Å². The standard InChI is InChI=1S/C79H142O16P2/c1-4-7-10-13-16-19-22-24-26-28-29-30-31-32-33-34-35-36-37-38-39-40-41-42-43-45-47-48-51-53-56-59-62-65-77(82)89-68-74(80)69-91-96(85,86)92-70-75(81)71-93-97(87,88)94-73-76(95-79(84)67-64-61-58-55-50-21-18-15-12-9-6-3)72-90-78(83)66-63-60-57-54-52-49-46-44-27-25-23-20-17-14-11-8-5-2/h8,11,16-17,19-20,24-27,29-30,32-33,74-76,80-81H,4-7,9-10,12-15,18,21-23,28,31,34-73H2,1-3H3,(H,85,86)(H,87,88)/b11-8-,19-16-,20-17-,26-24-,27-25-,30-29-,33-32-. The maximum Gasteiger partial charge on any atom is 0.472 e. The molecule has 0 aliphatic heterocycles. The highest BCUT2D eigenvalue weighted by Gasteiger charge is 2.29. The third kappa shape index (κ3) is 73.8. The highest BCUT2D eigenvalue weighted by molar-refractivity contribution is 7.47. The van der Waals surface area contributed by atoms with Crippen LogP contribution in [0.4, 0.5) is 0 Å². The van der Waals surface area contributed by atoms with E-state index in [-0.39, 0.29) is 19.3 Å². The largest absolute Gasteiger partial charge is 0.472 e. The number of unbranched alkanes of at least 4 members (excludes halogenated alkanes) is 37. The molecule has 0 aromatic rings. The summed E-state index contributed by atoms with van der Waals surface area (Å²) >= 11 is 0. The first kappa shape index (κ1) is 93.7. The molecule has 0 radical (unpaired) electrons. The van der Waals surface area contributed by atoms with Crippen LogP contribution in [0.2, 0.25) is 0 Å². The van der Waals surface area contributed by atoms with Crippen molar-refractivity contribution in [3.05, 3.63) is 85.1 Å². The maximum absolute atomic E-state index is 12.9. The zero-order valence-corrected chi connectivity index (χ0v) is 63.3. The van der Waals surface area contributed by atoms with Crippen molar-refractivity contribution >= 4 is 33.6 Å². The van der Waals surface area contributed by atoms with Gasteiger partial charge in [0.2, 0.25) is 0 Å². The summed E-state index contributed by atoms with van der Waals surface area (Å²) in [7, 11) is -9.77. The Hall–Kier alpha value is -3.27. The molecule has 18 heteroatoms. The van der Waals surface area contributed by atoms with Gasteiger partial charge in [-0.15, -0.1) is 0 Å². The number of esters is 3. The maximum atomic E-state index is 12.9. The number of aliphatic hydroxyl groups is 2. The fraction of sp³-hybridized carbons (Fsp3) is 0.785. The molecule has 0 fully saturated rings. The van der Waals surface area contributed by atoms with Crippen molar-refractivity contribution in [2.45, 2.75) is 360 Å². The third-order valence-corrected chi connectivity index (χ3v) is 18.5. The molecular formula is C79H142O16P2. The summed E-state index contributed by atoms with van der Waals surface area (Å²) in [6.07, 6.45) is 80.9. The van der Waals surface area contributed by atoms with Gasteiger partial charge in [0.25, 0.3) is 0 Å². The Morgan fingerprint density at radius 3 is 0.887 bits per heavy atom. The summed E-state index contributed by atoms with van der Waals surface area (Å²) in [5.41, 5.74) is 0. The van der Waals surface area contributed by atoms with Gasteiger partial charge >= 0.3 is 33.6 Å². The molecule has 0 aliphatic carbocycles. The van der Waals surface area contributed by atoms with E-state index in [1.807, 2.05) is 0 Å². The lowest BCUT2D eigenvalue weighted by atomic mass is 10.0. The second kappa shape index (κ2) is 72.5. The van der Waals surface area contributed by atoms with Crippen molar-refractivity contribution in [2.24, 2.45) is 0 Å². The Bertz CT molecular complexity index is 2110. The van der Waals surface area contributed by atoms with Gasteiger partial charge in [-0.1, -0.05) is 311 Å². The SMILES string of the molecule is CC/C=C\C/C=C\C/C=C\CCCCCCCCCC(=O)OCC(COP(=O)(O)OCC(O)COP(=O)(O)OCC(O)COC(=O)CCCCCCCCCCCCCCCCCCC/C=C\C/C=C\C/C=C\C/C=C\CCCCC)OC(=O)CCCCCCCCCCCCC. The molecule has 0 saturated heterocycles. The molecule has 5 unspecified atom stereocenters. The van der Waals surface area contributed by atoms with E-state index in [1.165, 1.54) is 154 Å². The molecule has 564 valence electrons. The van der Waals surface area contributed by atoms with Crippen LogP contribution in [0.1, 0.15) is 342 Å². The number of carbonyl (C=O) groups excluding carboxylic acids is 3. The van der Waals surface area contributed by atoms with Crippen LogP contribution in [0.15, 0.2) is 85.1 Å². The fourth-order valence-corrected chi connectivity index (χ4v) is 12.3. The number of allylic oxidation sites excluding steroid dienone is 14. The molecular weight excluding hydrogens is 1270 g/mol. The Morgan fingerprint density at radius 1 is 0.299 bits per heavy atom. The van der Waals surface area contributed by atoms with E-state index in [2.05, 4.69) is 106 Å². The fourth-order valence-electron chi connectivity index (χ4n) is 10.7. The van der Waals surface area contributed by atoms with E-state index in [9.17, 15) is 43.5 Å². The molecule has 0 rings (SSSR count). The molecule has 4 N–H and O–H groups in total. The predicted molar refractivity (Wildman–Crippen MR) is 399 cm³/mol. The number of rotatable bonds is 74. The second-order valence-corrected chi connectivity index (χ2v) is 29.0. The van der Waals surface area contributed by atoms with E-state index in [0.29, 0.717) is 19.3 Å². The first-order valence-electron chi connectivity index (χ1n) is 38.9. The average Bonchev–Trinajstić information content (AvgIpc) is 2.60. The van der Waals surface area contributed by atoms with Crippen molar-refractivity contribution in [1.29, 1.82) is 0 Å². The minimum atomic E-state index is -4.92. The van der Waals surface area contributed by atoms with Crippen LogP contribution >= 0.6 is 15.6 Å². The molecule has 0 heterocycles. The Kier molecular flexibility index (Phi) is 70.1. The zero-order chi connectivity index (χ0) is 70.9. The summed E-state index contributed by atoms with van der Waals surface area (Å²) in [5.74, 6) is -1.57. The Morgan fingerprint density at radius 2 is 0.546 bits per heavy atom. The van der Waals surface area contributed by atoms with Crippen LogP contribution in [0.25, 0.3) is 0 Å². The minimum Gasteiger partial charge on any atom is -0.463 e. The molecule has 0 aromatic heterocycles. The molecule has 0 aliphatic rings. The highest BCUT2D eigenvalue weighted by Crippen LogP contribution is 2.45. The van der Waals surface area contributed by atoms with Gasteiger partial charge in [0, 0.05) is 19.3 Å². The first-order valence-corrected chi connectivity index (χ1v) is 41.9. The monoisotopic (exact) mass is 1410 g/mol. The molecule has 16 nitrogen and oxygen atoms in total. The normalized spacial score (nSPS) is 14.5. The van der Waals surface area contributed by atoms with Gasteiger partial charge in [0.05, 0.1) is 26.4 Å². The zero-order valence-electron chi connectivity index (χ0n) is 61.5. The number of hydrogen-bond acceptors (Lipinski definition) is 14. The number of phosphoric ester groups is 2.